The van der Waals surface area contributed by atoms with Gasteiger partial charge >= 0.3 is 0 Å². The summed E-state index contributed by atoms with van der Waals surface area (Å²) in [5.74, 6) is 3.36. The van der Waals surface area contributed by atoms with Crippen LogP contribution in [-0.4, -0.2) is 37.7 Å². The molecular formula is C18H29NO2. The predicted molar refractivity (Wildman–Crippen MR) is 87.1 cm³/mol. The highest BCUT2D eigenvalue weighted by molar-refractivity contribution is 5.39. The Balaban J connectivity index is 1.72. The van der Waals surface area contributed by atoms with Crippen LogP contribution in [0.3, 0.4) is 0 Å². The third-order valence-electron chi connectivity index (χ3n) is 3.97. The van der Waals surface area contributed by atoms with E-state index in [0.29, 0.717) is 6.61 Å². The second kappa shape index (κ2) is 8.28. The van der Waals surface area contributed by atoms with Gasteiger partial charge in [-0.25, -0.2) is 0 Å². The van der Waals surface area contributed by atoms with Crippen molar-refractivity contribution in [1.82, 2.24) is 4.90 Å². The second-order valence-electron chi connectivity index (χ2n) is 6.29. The largest absolute Gasteiger partial charge is 0.490 e. The topological polar surface area (TPSA) is 21.7 Å². The lowest BCUT2D eigenvalue weighted by Gasteiger charge is -2.34. The Kier molecular flexibility index (Phi) is 6.37. The highest BCUT2D eigenvalue weighted by Gasteiger charge is 2.21. The predicted octanol–water partition coefficient (Wildman–Crippen LogP) is 3.83. The van der Waals surface area contributed by atoms with Crippen LogP contribution in [0.2, 0.25) is 0 Å². The number of likely N-dealkylation sites (tertiary alicyclic amines) is 1. The number of nitrogens with zero attached hydrogens (tertiary/aromatic N) is 1. The Bertz CT molecular complexity index is 411. The number of hydrogen-bond donors (Lipinski definition) is 0. The molecular weight excluding hydrogens is 262 g/mol. The molecule has 21 heavy (non-hydrogen) atoms. The highest BCUT2D eigenvalue weighted by atomic mass is 16.5. The normalized spacial score (nSPS) is 23.0. The van der Waals surface area contributed by atoms with E-state index in [0.717, 1.165) is 42.9 Å². The fourth-order valence-electron chi connectivity index (χ4n) is 3.29. The zero-order valence-corrected chi connectivity index (χ0v) is 13.7. The first-order chi connectivity index (χ1) is 10.2. The van der Waals surface area contributed by atoms with Gasteiger partial charge in [0.25, 0.3) is 0 Å². The molecule has 0 spiro atoms. The van der Waals surface area contributed by atoms with Crippen LogP contribution in [0.4, 0.5) is 0 Å². The summed E-state index contributed by atoms with van der Waals surface area (Å²) in [5, 5.41) is 0. The Labute approximate surface area is 129 Å². The van der Waals surface area contributed by atoms with Gasteiger partial charge in [-0.2, -0.15) is 0 Å². The van der Waals surface area contributed by atoms with Gasteiger partial charge in [0.1, 0.15) is 0 Å². The Hall–Kier alpha value is -1.22. The lowest BCUT2D eigenvalue weighted by atomic mass is 9.92. The summed E-state index contributed by atoms with van der Waals surface area (Å²) in [7, 11) is 0. The number of hydrogen-bond acceptors (Lipinski definition) is 3. The van der Waals surface area contributed by atoms with E-state index >= 15 is 0 Å². The molecule has 2 atom stereocenters. The van der Waals surface area contributed by atoms with Crippen LogP contribution in [0.5, 0.6) is 11.5 Å². The third-order valence-corrected chi connectivity index (χ3v) is 3.97. The van der Waals surface area contributed by atoms with Crippen LogP contribution in [0, 0.1) is 11.8 Å². The van der Waals surface area contributed by atoms with Gasteiger partial charge in [0.2, 0.25) is 0 Å². The minimum absolute atomic E-state index is 0.671. The summed E-state index contributed by atoms with van der Waals surface area (Å²) < 4.78 is 11.5. The number of para-hydroxylation sites is 2. The van der Waals surface area contributed by atoms with Crippen LogP contribution in [0.1, 0.15) is 33.6 Å². The van der Waals surface area contributed by atoms with Crippen molar-refractivity contribution in [1.29, 1.82) is 0 Å². The highest BCUT2D eigenvalue weighted by Crippen LogP contribution is 2.26. The van der Waals surface area contributed by atoms with E-state index < -0.39 is 0 Å². The van der Waals surface area contributed by atoms with Gasteiger partial charge in [-0.3, -0.25) is 0 Å². The van der Waals surface area contributed by atoms with Gasteiger partial charge in [0.15, 0.2) is 11.5 Å². The summed E-state index contributed by atoms with van der Waals surface area (Å²) in [6, 6.07) is 7.92. The van der Waals surface area contributed by atoms with E-state index in [4.69, 9.17) is 9.47 Å². The average molecular weight is 291 g/mol. The molecule has 118 valence electrons. The van der Waals surface area contributed by atoms with E-state index in [1.807, 2.05) is 31.2 Å². The van der Waals surface area contributed by atoms with Gasteiger partial charge in [0.05, 0.1) is 13.2 Å². The zero-order valence-electron chi connectivity index (χ0n) is 13.7. The molecule has 0 radical (unpaired) electrons. The maximum absolute atomic E-state index is 5.88. The van der Waals surface area contributed by atoms with Crippen LogP contribution in [0.15, 0.2) is 24.3 Å². The molecule has 0 bridgehead atoms. The fourth-order valence-corrected chi connectivity index (χ4v) is 3.29. The SMILES string of the molecule is CCOc1ccccc1OCCCN1CC(C)CC(C)C1. The Morgan fingerprint density at radius 1 is 1.05 bits per heavy atom. The minimum atomic E-state index is 0.671. The molecule has 0 N–H and O–H groups in total. The molecule has 1 fully saturated rings. The summed E-state index contributed by atoms with van der Waals surface area (Å²) in [4.78, 5) is 2.58. The molecule has 0 aromatic heterocycles. The maximum Gasteiger partial charge on any atom is 0.161 e. The molecule has 1 saturated heterocycles. The Morgan fingerprint density at radius 3 is 2.29 bits per heavy atom. The molecule has 1 aliphatic rings. The second-order valence-corrected chi connectivity index (χ2v) is 6.29. The van der Waals surface area contributed by atoms with Crippen molar-refractivity contribution in [3.8, 4) is 11.5 Å². The molecule has 0 amide bonds. The van der Waals surface area contributed by atoms with E-state index in [1.165, 1.54) is 19.5 Å². The molecule has 2 rings (SSSR count). The van der Waals surface area contributed by atoms with Crippen molar-refractivity contribution in [2.75, 3.05) is 32.8 Å². The molecule has 1 aromatic carbocycles. The maximum atomic E-state index is 5.88. The third kappa shape index (κ3) is 5.24. The van der Waals surface area contributed by atoms with Crippen molar-refractivity contribution >= 4 is 0 Å². The van der Waals surface area contributed by atoms with Gasteiger partial charge in [-0.15, -0.1) is 0 Å². The number of ether oxygens (including phenoxy) is 2. The zero-order chi connectivity index (χ0) is 15.1. The number of piperidine rings is 1. The van der Waals surface area contributed by atoms with E-state index in [1.54, 1.807) is 0 Å². The molecule has 1 aliphatic heterocycles. The van der Waals surface area contributed by atoms with E-state index in [-0.39, 0.29) is 0 Å². The van der Waals surface area contributed by atoms with Crippen molar-refractivity contribution in [2.45, 2.75) is 33.6 Å². The molecule has 0 saturated carbocycles. The lowest BCUT2D eigenvalue weighted by molar-refractivity contribution is 0.132. The van der Waals surface area contributed by atoms with E-state index in [2.05, 4.69) is 18.7 Å². The summed E-state index contributed by atoms with van der Waals surface area (Å²) in [5.41, 5.74) is 0. The average Bonchev–Trinajstić information content (AvgIpc) is 2.44. The lowest BCUT2D eigenvalue weighted by Crippen LogP contribution is -2.39. The molecule has 2 unspecified atom stereocenters. The van der Waals surface area contributed by atoms with Crippen molar-refractivity contribution in [3.05, 3.63) is 24.3 Å². The Morgan fingerprint density at radius 2 is 1.67 bits per heavy atom. The molecule has 3 nitrogen and oxygen atoms in total. The van der Waals surface area contributed by atoms with Crippen LogP contribution >= 0.6 is 0 Å². The molecule has 1 aromatic rings. The number of benzene rings is 1. The van der Waals surface area contributed by atoms with E-state index in [9.17, 15) is 0 Å². The molecule has 0 aliphatic carbocycles. The van der Waals surface area contributed by atoms with Crippen molar-refractivity contribution in [3.63, 3.8) is 0 Å². The monoisotopic (exact) mass is 291 g/mol. The standard InChI is InChI=1S/C18H29NO2/c1-4-20-17-8-5-6-9-18(17)21-11-7-10-19-13-15(2)12-16(3)14-19/h5-6,8-9,15-16H,4,7,10-14H2,1-3H3. The van der Waals surface area contributed by atoms with Gasteiger partial charge in [-0.05, 0) is 43.7 Å². The van der Waals surface area contributed by atoms with Crippen LogP contribution in [0.25, 0.3) is 0 Å². The fraction of sp³-hybridized carbons (Fsp3) is 0.667. The summed E-state index contributed by atoms with van der Waals surface area (Å²) in [6.07, 6.45) is 2.44. The number of rotatable bonds is 7. The van der Waals surface area contributed by atoms with Crippen molar-refractivity contribution in [2.24, 2.45) is 11.8 Å². The molecule has 3 heteroatoms. The first-order valence-electron chi connectivity index (χ1n) is 8.26. The van der Waals surface area contributed by atoms with Crippen LogP contribution in [-0.2, 0) is 0 Å². The van der Waals surface area contributed by atoms with Gasteiger partial charge in [-0.1, -0.05) is 26.0 Å². The van der Waals surface area contributed by atoms with Gasteiger partial charge in [0, 0.05) is 19.6 Å². The van der Waals surface area contributed by atoms with Gasteiger partial charge < -0.3 is 14.4 Å². The molecule has 1 heterocycles. The summed E-state index contributed by atoms with van der Waals surface area (Å²) in [6.45, 7) is 11.7. The minimum Gasteiger partial charge on any atom is -0.490 e. The first-order valence-corrected chi connectivity index (χ1v) is 8.26. The van der Waals surface area contributed by atoms with Crippen LogP contribution < -0.4 is 9.47 Å². The van der Waals surface area contributed by atoms with Crippen molar-refractivity contribution < 1.29 is 9.47 Å². The summed E-state index contributed by atoms with van der Waals surface area (Å²) >= 11 is 0. The first kappa shape index (κ1) is 16.2. The quantitative estimate of drug-likeness (QED) is 0.713. The smallest absolute Gasteiger partial charge is 0.161 e.